The van der Waals surface area contributed by atoms with Gasteiger partial charge in [-0.1, -0.05) is 25.9 Å². The summed E-state index contributed by atoms with van der Waals surface area (Å²) in [5, 5.41) is 7.47. The molecule has 1 aliphatic rings. The van der Waals surface area contributed by atoms with Gasteiger partial charge in [0.15, 0.2) is 5.82 Å². The Bertz CT molecular complexity index is 367. The molecular formula is C13H23N3OS. The maximum atomic E-state index is 5.33. The van der Waals surface area contributed by atoms with E-state index in [0.29, 0.717) is 5.92 Å². The second-order valence-electron chi connectivity index (χ2n) is 5.92. The fourth-order valence-electron chi connectivity index (χ4n) is 2.06. The third-order valence-electron chi connectivity index (χ3n) is 3.01. The van der Waals surface area contributed by atoms with Gasteiger partial charge in [0.1, 0.15) is 0 Å². The molecule has 0 saturated carbocycles. The highest BCUT2D eigenvalue weighted by Gasteiger charge is 2.18. The van der Waals surface area contributed by atoms with E-state index in [2.05, 4.69) is 36.2 Å². The standard InChI is InChI=1S/C13H23N3OS/c1-13(2,3)18-9-11-15-12(17-16-11)7-10-5-4-6-14-8-10/h10,14H,4-9H2,1-3H3. The van der Waals surface area contributed by atoms with Crippen LogP contribution in [-0.2, 0) is 12.2 Å². The summed E-state index contributed by atoms with van der Waals surface area (Å²) in [7, 11) is 0. The first-order valence-electron chi connectivity index (χ1n) is 6.69. The lowest BCUT2D eigenvalue weighted by Crippen LogP contribution is -2.30. The molecule has 18 heavy (non-hydrogen) atoms. The third-order valence-corrected chi connectivity index (χ3v) is 4.28. The van der Waals surface area contributed by atoms with Crippen molar-refractivity contribution in [3.8, 4) is 0 Å². The van der Waals surface area contributed by atoms with Gasteiger partial charge in [-0.25, -0.2) is 0 Å². The van der Waals surface area contributed by atoms with E-state index in [1.54, 1.807) is 0 Å². The number of piperidine rings is 1. The molecule has 0 radical (unpaired) electrons. The zero-order valence-electron chi connectivity index (χ0n) is 11.5. The smallest absolute Gasteiger partial charge is 0.226 e. The van der Waals surface area contributed by atoms with Gasteiger partial charge in [-0.3, -0.25) is 0 Å². The number of hydrogen-bond acceptors (Lipinski definition) is 5. The van der Waals surface area contributed by atoms with Gasteiger partial charge in [0.25, 0.3) is 0 Å². The number of thioether (sulfide) groups is 1. The van der Waals surface area contributed by atoms with Crippen LogP contribution >= 0.6 is 11.8 Å². The van der Waals surface area contributed by atoms with Crippen molar-refractivity contribution in [2.45, 2.75) is 50.5 Å². The first-order valence-corrected chi connectivity index (χ1v) is 7.67. The monoisotopic (exact) mass is 269 g/mol. The summed E-state index contributed by atoms with van der Waals surface area (Å²) in [6.07, 6.45) is 3.44. The van der Waals surface area contributed by atoms with E-state index in [1.807, 2.05) is 11.8 Å². The number of rotatable bonds is 4. The van der Waals surface area contributed by atoms with Crippen LogP contribution < -0.4 is 5.32 Å². The van der Waals surface area contributed by atoms with Gasteiger partial charge in [0.2, 0.25) is 5.89 Å². The van der Waals surface area contributed by atoms with E-state index in [4.69, 9.17) is 4.52 Å². The molecule has 102 valence electrons. The molecule has 0 bridgehead atoms. The Labute approximate surface area is 113 Å². The van der Waals surface area contributed by atoms with Crippen LogP contribution in [0.1, 0.15) is 45.3 Å². The lowest BCUT2D eigenvalue weighted by atomic mass is 9.96. The first kappa shape index (κ1) is 13.9. The average Bonchev–Trinajstić information content (AvgIpc) is 2.75. The van der Waals surface area contributed by atoms with Crippen molar-refractivity contribution >= 4 is 11.8 Å². The number of nitrogens with one attached hydrogen (secondary N) is 1. The van der Waals surface area contributed by atoms with E-state index in [-0.39, 0.29) is 4.75 Å². The predicted molar refractivity (Wildman–Crippen MR) is 74.6 cm³/mol. The largest absolute Gasteiger partial charge is 0.339 e. The minimum Gasteiger partial charge on any atom is -0.339 e. The Hall–Kier alpha value is -0.550. The highest BCUT2D eigenvalue weighted by Crippen LogP contribution is 2.26. The molecule has 1 fully saturated rings. The summed E-state index contributed by atoms with van der Waals surface area (Å²) in [5.41, 5.74) is 0. The topological polar surface area (TPSA) is 51.0 Å². The molecule has 2 rings (SSSR count). The molecule has 1 aromatic rings. The number of aromatic nitrogens is 2. The molecule has 1 saturated heterocycles. The molecule has 1 atom stereocenters. The summed E-state index contributed by atoms with van der Waals surface area (Å²) >= 11 is 1.85. The molecule has 0 aromatic carbocycles. The summed E-state index contributed by atoms with van der Waals surface area (Å²) in [4.78, 5) is 4.48. The summed E-state index contributed by atoms with van der Waals surface area (Å²) < 4.78 is 5.57. The van der Waals surface area contributed by atoms with Gasteiger partial charge >= 0.3 is 0 Å². The van der Waals surface area contributed by atoms with Gasteiger partial charge in [-0.15, -0.1) is 11.8 Å². The molecule has 5 heteroatoms. The minimum atomic E-state index is 0.244. The Balaban J connectivity index is 1.82. The van der Waals surface area contributed by atoms with Crippen molar-refractivity contribution in [2.24, 2.45) is 5.92 Å². The Morgan fingerprint density at radius 1 is 1.44 bits per heavy atom. The van der Waals surface area contributed by atoms with Crippen LogP contribution in [0.3, 0.4) is 0 Å². The van der Waals surface area contributed by atoms with Crippen molar-refractivity contribution in [2.75, 3.05) is 13.1 Å². The molecule has 4 nitrogen and oxygen atoms in total. The molecule has 1 unspecified atom stereocenters. The highest BCUT2D eigenvalue weighted by molar-refractivity contribution is 7.99. The summed E-state index contributed by atoms with van der Waals surface area (Å²) in [5.74, 6) is 3.11. The van der Waals surface area contributed by atoms with Gasteiger partial charge in [0, 0.05) is 11.2 Å². The van der Waals surface area contributed by atoms with Crippen molar-refractivity contribution in [3.63, 3.8) is 0 Å². The fraction of sp³-hybridized carbons (Fsp3) is 0.846. The quantitative estimate of drug-likeness (QED) is 0.910. The van der Waals surface area contributed by atoms with Crippen molar-refractivity contribution < 1.29 is 4.52 Å². The lowest BCUT2D eigenvalue weighted by molar-refractivity contribution is 0.315. The molecule has 0 amide bonds. The first-order chi connectivity index (χ1) is 8.53. The molecule has 0 spiro atoms. The normalized spacial score (nSPS) is 21.2. The Kier molecular flexibility index (Phi) is 4.67. The van der Waals surface area contributed by atoms with Crippen molar-refractivity contribution in [1.82, 2.24) is 15.5 Å². The van der Waals surface area contributed by atoms with Gasteiger partial charge in [-0.05, 0) is 31.8 Å². The number of hydrogen-bond donors (Lipinski definition) is 1. The van der Waals surface area contributed by atoms with Crippen molar-refractivity contribution in [3.05, 3.63) is 11.7 Å². The second kappa shape index (κ2) is 6.06. The van der Waals surface area contributed by atoms with E-state index >= 15 is 0 Å². The van der Waals surface area contributed by atoms with E-state index < -0.39 is 0 Å². The molecule has 1 aliphatic heterocycles. The van der Waals surface area contributed by atoms with Gasteiger partial charge < -0.3 is 9.84 Å². The lowest BCUT2D eigenvalue weighted by Gasteiger charge is -2.20. The van der Waals surface area contributed by atoms with Crippen LogP contribution in [0, 0.1) is 5.92 Å². The van der Waals surface area contributed by atoms with Crippen LogP contribution in [0.2, 0.25) is 0 Å². The van der Waals surface area contributed by atoms with Gasteiger partial charge in [0.05, 0.1) is 5.75 Å². The summed E-state index contributed by atoms with van der Waals surface area (Å²) in [6, 6.07) is 0. The molecule has 1 aromatic heterocycles. The summed E-state index contributed by atoms with van der Waals surface area (Å²) in [6.45, 7) is 8.83. The van der Waals surface area contributed by atoms with Crippen LogP contribution in [0.15, 0.2) is 4.52 Å². The van der Waals surface area contributed by atoms with Crippen molar-refractivity contribution in [1.29, 1.82) is 0 Å². The SMILES string of the molecule is CC(C)(C)SCc1noc(CC2CCCNC2)n1. The predicted octanol–water partition coefficient (Wildman–Crippen LogP) is 2.64. The number of nitrogens with zero attached hydrogens (tertiary/aromatic N) is 2. The third kappa shape index (κ3) is 4.61. The zero-order valence-corrected chi connectivity index (χ0v) is 12.3. The van der Waals surface area contributed by atoms with Crippen LogP contribution in [0.4, 0.5) is 0 Å². The maximum absolute atomic E-state index is 5.33. The van der Waals surface area contributed by atoms with Crippen LogP contribution in [0.5, 0.6) is 0 Å². The van der Waals surface area contributed by atoms with E-state index in [9.17, 15) is 0 Å². The molecular weight excluding hydrogens is 246 g/mol. The molecule has 1 N–H and O–H groups in total. The molecule has 2 heterocycles. The molecule has 0 aliphatic carbocycles. The van der Waals surface area contributed by atoms with Crippen LogP contribution in [0.25, 0.3) is 0 Å². The van der Waals surface area contributed by atoms with E-state index in [0.717, 1.165) is 37.0 Å². The average molecular weight is 269 g/mol. The Morgan fingerprint density at radius 2 is 2.28 bits per heavy atom. The highest BCUT2D eigenvalue weighted by atomic mass is 32.2. The van der Waals surface area contributed by atoms with Gasteiger partial charge in [-0.2, -0.15) is 4.98 Å². The maximum Gasteiger partial charge on any atom is 0.226 e. The fourth-order valence-corrected chi connectivity index (χ4v) is 2.74. The Morgan fingerprint density at radius 3 is 2.94 bits per heavy atom. The van der Waals surface area contributed by atoms with E-state index in [1.165, 1.54) is 12.8 Å². The second-order valence-corrected chi connectivity index (χ2v) is 7.72. The zero-order chi connectivity index (χ0) is 13.0. The minimum absolute atomic E-state index is 0.244. The van der Waals surface area contributed by atoms with Crippen LogP contribution in [-0.4, -0.2) is 28.0 Å².